The quantitative estimate of drug-likeness (QED) is 0.740. The predicted octanol–water partition coefficient (Wildman–Crippen LogP) is 0.975. The maximum Gasteiger partial charge on any atom is 0.132 e. The highest BCUT2D eigenvalue weighted by Crippen LogP contribution is 2.24. The lowest BCUT2D eigenvalue weighted by atomic mass is 9.94. The molecule has 0 atom stereocenters. The van der Waals surface area contributed by atoms with Gasteiger partial charge in [-0.25, -0.2) is 4.39 Å². The van der Waals surface area contributed by atoms with Crippen LogP contribution in [0.3, 0.4) is 0 Å². The van der Waals surface area contributed by atoms with Crippen LogP contribution in [-0.2, 0) is 6.54 Å². The SMILES string of the molecule is FC1(Cn2cccn2)CCNCC1. The molecule has 0 radical (unpaired) electrons. The van der Waals surface area contributed by atoms with Crippen molar-refractivity contribution < 1.29 is 4.39 Å². The van der Waals surface area contributed by atoms with Crippen molar-refractivity contribution >= 4 is 0 Å². The Morgan fingerprint density at radius 2 is 2.23 bits per heavy atom. The van der Waals surface area contributed by atoms with Crippen molar-refractivity contribution in [3.63, 3.8) is 0 Å². The van der Waals surface area contributed by atoms with E-state index >= 15 is 0 Å². The van der Waals surface area contributed by atoms with E-state index < -0.39 is 5.67 Å². The van der Waals surface area contributed by atoms with Crippen molar-refractivity contribution in [2.24, 2.45) is 0 Å². The zero-order valence-corrected chi connectivity index (χ0v) is 7.54. The van der Waals surface area contributed by atoms with Gasteiger partial charge in [-0.05, 0) is 32.0 Å². The Hall–Kier alpha value is -0.900. The number of halogens is 1. The summed E-state index contributed by atoms with van der Waals surface area (Å²) in [6.45, 7) is 1.94. The molecule has 0 unspecified atom stereocenters. The topological polar surface area (TPSA) is 29.9 Å². The smallest absolute Gasteiger partial charge is 0.132 e. The van der Waals surface area contributed by atoms with E-state index in [1.165, 1.54) is 0 Å². The van der Waals surface area contributed by atoms with Gasteiger partial charge in [0, 0.05) is 12.4 Å². The van der Waals surface area contributed by atoms with Crippen LogP contribution >= 0.6 is 0 Å². The Bertz CT molecular complexity index is 252. The van der Waals surface area contributed by atoms with Crippen LogP contribution in [0, 0.1) is 0 Å². The molecule has 1 aliphatic rings. The number of hydrogen-bond donors (Lipinski definition) is 1. The summed E-state index contributed by atoms with van der Waals surface area (Å²) < 4.78 is 15.7. The summed E-state index contributed by atoms with van der Waals surface area (Å²) in [5.41, 5.74) is -1.06. The average molecular weight is 183 g/mol. The van der Waals surface area contributed by atoms with Gasteiger partial charge in [-0.2, -0.15) is 5.10 Å². The summed E-state index contributed by atoms with van der Waals surface area (Å²) in [5, 5.41) is 7.16. The lowest BCUT2D eigenvalue weighted by Gasteiger charge is -2.29. The molecule has 0 aromatic carbocycles. The van der Waals surface area contributed by atoms with Gasteiger partial charge in [0.25, 0.3) is 0 Å². The fraction of sp³-hybridized carbons (Fsp3) is 0.667. The third kappa shape index (κ3) is 2.06. The molecule has 1 aromatic rings. The molecule has 2 rings (SSSR count). The number of alkyl halides is 1. The van der Waals surface area contributed by atoms with Gasteiger partial charge in [0.2, 0.25) is 0 Å². The van der Waals surface area contributed by atoms with Crippen LogP contribution in [0.1, 0.15) is 12.8 Å². The molecule has 1 N–H and O–H groups in total. The molecule has 0 saturated carbocycles. The summed E-state index contributed by atoms with van der Waals surface area (Å²) in [5.74, 6) is 0. The Morgan fingerprint density at radius 3 is 2.85 bits per heavy atom. The van der Waals surface area contributed by atoms with Gasteiger partial charge in [-0.3, -0.25) is 4.68 Å². The van der Waals surface area contributed by atoms with Crippen LogP contribution < -0.4 is 5.32 Å². The fourth-order valence-electron chi connectivity index (χ4n) is 1.72. The van der Waals surface area contributed by atoms with Crippen molar-refractivity contribution in [2.45, 2.75) is 25.1 Å². The first kappa shape index (κ1) is 8.69. The number of piperidine rings is 1. The highest BCUT2D eigenvalue weighted by molar-refractivity contribution is 4.87. The van der Waals surface area contributed by atoms with E-state index in [1.807, 2.05) is 12.3 Å². The van der Waals surface area contributed by atoms with Gasteiger partial charge in [0.05, 0.1) is 6.54 Å². The molecular weight excluding hydrogens is 169 g/mol. The van der Waals surface area contributed by atoms with Crippen LogP contribution in [0.25, 0.3) is 0 Å². The first-order valence-corrected chi connectivity index (χ1v) is 4.66. The maximum absolute atomic E-state index is 14.0. The largest absolute Gasteiger partial charge is 0.316 e. The predicted molar refractivity (Wildman–Crippen MR) is 48.2 cm³/mol. The molecule has 1 aromatic heterocycles. The molecule has 3 nitrogen and oxygen atoms in total. The minimum Gasteiger partial charge on any atom is -0.316 e. The average Bonchev–Trinajstić information content (AvgIpc) is 2.57. The third-order valence-electron chi connectivity index (χ3n) is 2.50. The summed E-state index contributed by atoms with van der Waals surface area (Å²) >= 11 is 0. The first-order valence-electron chi connectivity index (χ1n) is 4.66. The molecule has 13 heavy (non-hydrogen) atoms. The third-order valence-corrected chi connectivity index (χ3v) is 2.50. The summed E-state index contributed by atoms with van der Waals surface area (Å²) in [6.07, 6.45) is 4.67. The maximum atomic E-state index is 14.0. The van der Waals surface area contributed by atoms with E-state index in [1.54, 1.807) is 10.9 Å². The molecule has 1 aliphatic heterocycles. The molecular formula is C9H14FN3. The van der Waals surface area contributed by atoms with E-state index in [-0.39, 0.29) is 0 Å². The summed E-state index contributed by atoms with van der Waals surface area (Å²) in [4.78, 5) is 0. The van der Waals surface area contributed by atoms with E-state index in [4.69, 9.17) is 0 Å². The number of rotatable bonds is 2. The molecule has 2 heterocycles. The minimum absolute atomic E-state index is 0.391. The Balaban J connectivity index is 1.99. The minimum atomic E-state index is -1.06. The Labute approximate surface area is 76.9 Å². The van der Waals surface area contributed by atoms with Crippen molar-refractivity contribution in [3.05, 3.63) is 18.5 Å². The van der Waals surface area contributed by atoms with Crippen LogP contribution in [-0.4, -0.2) is 28.5 Å². The molecule has 0 amide bonds. The van der Waals surface area contributed by atoms with Crippen molar-refractivity contribution in [1.29, 1.82) is 0 Å². The van der Waals surface area contributed by atoms with Crippen LogP contribution in [0.5, 0.6) is 0 Å². The normalized spacial score (nSPS) is 21.6. The highest BCUT2D eigenvalue weighted by Gasteiger charge is 2.32. The van der Waals surface area contributed by atoms with Crippen molar-refractivity contribution in [3.8, 4) is 0 Å². The molecule has 1 fully saturated rings. The van der Waals surface area contributed by atoms with E-state index in [2.05, 4.69) is 10.4 Å². The number of nitrogens with one attached hydrogen (secondary N) is 1. The monoisotopic (exact) mass is 183 g/mol. The number of aromatic nitrogens is 2. The summed E-state index contributed by atoms with van der Waals surface area (Å²) in [7, 11) is 0. The van der Waals surface area contributed by atoms with Gasteiger partial charge in [0.1, 0.15) is 5.67 Å². The molecule has 0 spiro atoms. The van der Waals surface area contributed by atoms with Crippen molar-refractivity contribution in [2.75, 3.05) is 13.1 Å². The lowest BCUT2D eigenvalue weighted by molar-refractivity contribution is 0.0894. The second kappa shape index (κ2) is 3.46. The van der Waals surface area contributed by atoms with Gasteiger partial charge in [0.15, 0.2) is 0 Å². The Morgan fingerprint density at radius 1 is 1.46 bits per heavy atom. The standard InChI is InChI=1S/C9H14FN3/c10-9(2-5-11-6-3-9)8-13-7-1-4-12-13/h1,4,7,11H,2-3,5-6,8H2. The highest BCUT2D eigenvalue weighted by atomic mass is 19.1. The van der Waals surface area contributed by atoms with Crippen molar-refractivity contribution in [1.82, 2.24) is 15.1 Å². The van der Waals surface area contributed by atoms with E-state index in [0.29, 0.717) is 19.4 Å². The zero-order chi connectivity index (χ0) is 9.15. The second-order valence-electron chi connectivity index (χ2n) is 3.60. The number of hydrogen-bond acceptors (Lipinski definition) is 2. The van der Waals surface area contributed by atoms with Crippen LogP contribution in [0.2, 0.25) is 0 Å². The van der Waals surface area contributed by atoms with E-state index in [9.17, 15) is 4.39 Å². The molecule has 72 valence electrons. The fourth-order valence-corrected chi connectivity index (χ4v) is 1.72. The van der Waals surface area contributed by atoms with E-state index in [0.717, 1.165) is 13.1 Å². The lowest BCUT2D eigenvalue weighted by Crippen LogP contribution is -2.41. The van der Waals surface area contributed by atoms with Gasteiger partial charge >= 0.3 is 0 Å². The molecule has 0 bridgehead atoms. The number of nitrogens with zero attached hydrogens (tertiary/aromatic N) is 2. The molecule has 1 saturated heterocycles. The Kier molecular flexibility index (Phi) is 2.31. The molecule has 4 heteroatoms. The molecule has 0 aliphatic carbocycles. The second-order valence-corrected chi connectivity index (χ2v) is 3.60. The zero-order valence-electron chi connectivity index (χ0n) is 7.54. The van der Waals surface area contributed by atoms with Gasteiger partial charge in [-0.1, -0.05) is 0 Å². The van der Waals surface area contributed by atoms with Gasteiger partial charge in [-0.15, -0.1) is 0 Å². The van der Waals surface area contributed by atoms with Gasteiger partial charge < -0.3 is 5.32 Å². The summed E-state index contributed by atoms with van der Waals surface area (Å²) in [6, 6.07) is 1.82. The van der Waals surface area contributed by atoms with Crippen LogP contribution in [0.15, 0.2) is 18.5 Å². The first-order chi connectivity index (χ1) is 6.29. The van der Waals surface area contributed by atoms with Crippen LogP contribution in [0.4, 0.5) is 4.39 Å².